The molecule has 0 spiro atoms. The first-order valence-electron chi connectivity index (χ1n) is 4.53. The molecule has 0 heterocycles. The molecule has 0 rings (SSSR count). The number of carboxylic acids is 1. The van der Waals surface area contributed by atoms with Crippen LogP contribution in [0.4, 0.5) is 0 Å². The summed E-state index contributed by atoms with van der Waals surface area (Å²) in [5, 5.41) is 17.5. The number of hydrogen-bond acceptors (Lipinski definition) is 3. The maximum absolute atomic E-state index is 8.89. The summed E-state index contributed by atoms with van der Waals surface area (Å²) in [7, 11) is 2.16. The van der Waals surface area contributed by atoms with Crippen LogP contribution in [0.15, 0.2) is 0 Å². The van der Waals surface area contributed by atoms with Gasteiger partial charge in [-0.2, -0.15) is 0 Å². The van der Waals surface area contributed by atoms with Crippen molar-refractivity contribution in [2.75, 3.05) is 33.3 Å². The maximum Gasteiger partial charge on any atom is 0.102 e. The van der Waals surface area contributed by atoms with Gasteiger partial charge in [-0.05, 0) is 20.8 Å². The third-order valence-corrected chi connectivity index (χ3v) is 2.17. The number of aliphatic carboxylic acids is 1. The molecule has 0 aromatic rings. The summed E-state index contributed by atoms with van der Waals surface area (Å²) in [6.07, 6.45) is 0. The molecule has 14 heavy (non-hydrogen) atoms. The highest BCUT2D eigenvalue weighted by atomic mass is 127. The first kappa shape index (κ1) is 19.7. The molecule has 0 saturated heterocycles. The topological polar surface area (TPSA) is 60.4 Å². The van der Waals surface area contributed by atoms with Crippen LogP contribution in [-0.2, 0) is 4.79 Å². The van der Waals surface area contributed by atoms with Crippen molar-refractivity contribution in [1.29, 1.82) is 0 Å². The van der Waals surface area contributed by atoms with E-state index in [-0.39, 0.29) is 24.0 Å². The molecule has 0 saturated carbocycles. The lowest BCUT2D eigenvalue weighted by Gasteiger charge is -2.31. The van der Waals surface area contributed by atoms with Crippen LogP contribution in [0.1, 0.15) is 20.8 Å². The van der Waals surface area contributed by atoms with E-state index in [1.165, 1.54) is 0 Å². The number of rotatable bonds is 4. The fourth-order valence-corrected chi connectivity index (χ4v) is 0.781. The van der Waals surface area contributed by atoms with E-state index in [0.717, 1.165) is 31.0 Å². The van der Waals surface area contributed by atoms with Gasteiger partial charge in [-0.25, -0.2) is 0 Å². The van der Waals surface area contributed by atoms with Crippen molar-refractivity contribution in [1.82, 2.24) is 0 Å². The van der Waals surface area contributed by atoms with Gasteiger partial charge in [0.05, 0.1) is 26.7 Å². The highest BCUT2D eigenvalue weighted by Gasteiger charge is 2.13. The number of aliphatic hydroxyl groups is 1. The fraction of sp³-hybridized carbons (Fsp3) is 0.889. The smallest absolute Gasteiger partial charge is 0.102 e. The fourth-order valence-electron chi connectivity index (χ4n) is 0.781. The van der Waals surface area contributed by atoms with Crippen molar-refractivity contribution in [2.45, 2.75) is 20.8 Å². The zero-order valence-corrected chi connectivity index (χ0v) is 11.6. The number of carboxylic acid groups (broad SMARTS) is 1. The molecule has 0 amide bonds. The standard InChI is InChI=1S/C7H18NO.C2H4O2.HI/c1-4-8(3,5-2)6-7-9;1-2(3)4;/h9H,4-7H2,1-3H3;1H3,(H,3,4);1H/q+1;;/p-2. The summed E-state index contributed by atoms with van der Waals surface area (Å²) in [6, 6.07) is 0. The second-order valence-corrected chi connectivity index (χ2v) is 3.19. The Labute approximate surface area is 104 Å². The number of aliphatic hydroxyl groups excluding tert-OH is 1. The van der Waals surface area contributed by atoms with E-state index in [2.05, 4.69) is 20.9 Å². The summed E-state index contributed by atoms with van der Waals surface area (Å²) < 4.78 is 0.983. The average Bonchev–Trinajstić information content (AvgIpc) is 2.04. The quantitative estimate of drug-likeness (QED) is 0.428. The molecule has 0 radical (unpaired) electrons. The molecule has 0 aromatic carbocycles. The molecule has 0 aliphatic rings. The SMILES string of the molecule is CC(=O)[O-].CC[N+](C)(CC)CCO.[I-]. The van der Waals surface area contributed by atoms with E-state index in [1.54, 1.807) is 0 Å². The van der Waals surface area contributed by atoms with Gasteiger partial charge in [-0.15, -0.1) is 0 Å². The molecule has 0 atom stereocenters. The normalized spacial score (nSPS) is 9.50. The second kappa shape index (κ2) is 11.2. The summed E-state index contributed by atoms with van der Waals surface area (Å²) in [6.45, 7) is 8.68. The van der Waals surface area contributed by atoms with Crippen molar-refractivity contribution in [3.63, 3.8) is 0 Å². The van der Waals surface area contributed by atoms with Crippen LogP contribution in [0.5, 0.6) is 0 Å². The Kier molecular flexibility index (Phi) is 15.7. The highest BCUT2D eigenvalue weighted by molar-refractivity contribution is 5.60. The molecule has 88 valence electrons. The van der Waals surface area contributed by atoms with Crippen LogP contribution in [0.3, 0.4) is 0 Å². The number of hydrogen-bond donors (Lipinski definition) is 1. The highest BCUT2D eigenvalue weighted by Crippen LogP contribution is 1.98. The van der Waals surface area contributed by atoms with E-state index >= 15 is 0 Å². The van der Waals surface area contributed by atoms with Gasteiger partial charge >= 0.3 is 0 Å². The third kappa shape index (κ3) is 14.6. The summed E-state index contributed by atoms with van der Waals surface area (Å²) >= 11 is 0. The van der Waals surface area contributed by atoms with E-state index in [4.69, 9.17) is 15.0 Å². The monoisotopic (exact) mass is 318 g/mol. The van der Waals surface area contributed by atoms with Crippen molar-refractivity contribution < 1.29 is 43.5 Å². The molecule has 0 aliphatic carbocycles. The molecule has 0 bridgehead atoms. The van der Waals surface area contributed by atoms with Gasteiger partial charge in [-0.3, -0.25) is 0 Å². The maximum atomic E-state index is 8.89. The predicted octanol–water partition coefficient (Wildman–Crippen LogP) is -3.77. The van der Waals surface area contributed by atoms with Crippen LogP contribution >= 0.6 is 0 Å². The van der Waals surface area contributed by atoms with Crippen molar-refractivity contribution in [3.8, 4) is 0 Å². The van der Waals surface area contributed by atoms with Gasteiger partial charge < -0.3 is 43.5 Å². The minimum absolute atomic E-state index is 0. The van der Waals surface area contributed by atoms with E-state index in [9.17, 15) is 0 Å². The lowest BCUT2D eigenvalue weighted by molar-refractivity contribution is -0.906. The Morgan fingerprint density at radius 2 is 1.64 bits per heavy atom. The number of likely N-dealkylation sites (N-methyl/N-ethyl adjacent to an activating group) is 1. The number of quaternary nitrogens is 1. The number of carbonyl (C=O) groups is 1. The Hall–Kier alpha value is 0.120. The van der Waals surface area contributed by atoms with Crippen LogP contribution in [0.2, 0.25) is 0 Å². The minimum Gasteiger partial charge on any atom is -1.00 e. The van der Waals surface area contributed by atoms with Gasteiger partial charge in [0.25, 0.3) is 0 Å². The van der Waals surface area contributed by atoms with Crippen molar-refractivity contribution in [3.05, 3.63) is 0 Å². The Morgan fingerprint density at radius 1 is 1.36 bits per heavy atom. The number of halogens is 1. The molecular formula is C9H21INO3-. The van der Waals surface area contributed by atoms with Gasteiger partial charge in [-0.1, -0.05) is 0 Å². The largest absolute Gasteiger partial charge is 1.00 e. The number of carbonyl (C=O) groups excluding carboxylic acids is 1. The molecule has 0 unspecified atom stereocenters. The summed E-state index contributed by atoms with van der Waals surface area (Å²) in [5.74, 6) is -1.08. The first-order chi connectivity index (χ1) is 5.91. The van der Waals surface area contributed by atoms with Crippen LogP contribution in [-0.4, -0.2) is 48.8 Å². The lowest BCUT2D eigenvalue weighted by atomic mass is 10.4. The molecule has 0 aromatic heterocycles. The zero-order valence-electron chi connectivity index (χ0n) is 9.42. The minimum atomic E-state index is -1.08. The molecule has 1 N–H and O–H groups in total. The Balaban J connectivity index is -0.000000209. The number of nitrogens with zero attached hydrogens (tertiary/aromatic N) is 1. The molecule has 0 fully saturated rings. The average molecular weight is 318 g/mol. The van der Waals surface area contributed by atoms with Crippen molar-refractivity contribution >= 4 is 5.97 Å². The van der Waals surface area contributed by atoms with Gasteiger partial charge in [0.1, 0.15) is 6.54 Å². The Bertz CT molecular complexity index is 134. The van der Waals surface area contributed by atoms with E-state index < -0.39 is 5.97 Å². The zero-order chi connectivity index (χ0) is 10.9. The molecule has 5 heteroatoms. The van der Waals surface area contributed by atoms with Gasteiger partial charge in [0, 0.05) is 5.97 Å². The van der Waals surface area contributed by atoms with Crippen LogP contribution < -0.4 is 29.1 Å². The summed E-state index contributed by atoms with van der Waals surface area (Å²) in [4.78, 5) is 8.89. The second-order valence-electron chi connectivity index (χ2n) is 3.19. The first-order valence-corrected chi connectivity index (χ1v) is 4.53. The predicted molar refractivity (Wildman–Crippen MR) is 49.9 cm³/mol. The third-order valence-electron chi connectivity index (χ3n) is 2.17. The van der Waals surface area contributed by atoms with E-state index in [1.807, 2.05) is 0 Å². The van der Waals surface area contributed by atoms with Crippen molar-refractivity contribution in [2.24, 2.45) is 0 Å². The summed E-state index contributed by atoms with van der Waals surface area (Å²) in [5.41, 5.74) is 0. The van der Waals surface area contributed by atoms with Gasteiger partial charge in [0.15, 0.2) is 0 Å². The lowest BCUT2D eigenvalue weighted by Crippen LogP contribution is -3.00. The van der Waals surface area contributed by atoms with Crippen LogP contribution in [0.25, 0.3) is 0 Å². The molecular weight excluding hydrogens is 297 g/mol. The Morgan fingerprint density at radius 3 is 1.71 bits per heavy atom. The van der Waals surface area contributed by atoms with Gasteiger partial charge in [0.2, 0.25) is 0 Å². The molecule has 4 nitrogen and oxygen atoms in total. The van der Waals surface area contributed by atoms with Crippen LogP contribution in [0, 0.1) is 0 Å². The van der Waals surface area contributed by atoms with E-state index in [0.29, 0.717) is 6.61 Å². The molecule has 0 aliphatic heterocycles.